The molecule has 1 aliphatic rings. The average Bonchev–Trinajstić information content (AvgIpc) is 3.59. The molecule has 0 unspecified atom stereocenters. The van der Waals surface area contributed by atoms with Gasteiger partial charge in [-0.25, -0.2) is 4.79 Å². The maximum absolute atomic E-state index is 13.3. The van der Waals surface area contributed by atoms with Crippen LogP contribution in [0, 0.1) is 12.8 Å². The second-order valence-corrected chi connectivity index (χ2v) is 8.55. The number of halogens is 1. The molecule has 3 aromatic carbocycles. The molecule has 5 nitrogen and oxygen atoms in total. The standard InChI is InChI=1S/C26H24ClNO4/c1-17-14-19(8-13-22(17)26(30)31)16-28(15-18-6-7-18)25(29)20-9-11-21(12-10-20)32-24-5-3-2-4-23(24)27/h2-5,8-14,18H,6-7,15-16H2,1H3,(H,30,31). The van der Waals surface area contributed by atoms with Crippen molar-refractivity contribution in [1.82, 2.24) is 4.90 Å². The molecule has 1 N–H and O–H groups in total. The van der Waals surface area contributed by atoms with E-state index in [0.29, 0.717) is 46.7 Å². The van der Waals surface area contributed by atoms with Crippen molar-refractivity contribution in [2.75, 3.05) is 6.54 Å². The van der Waals surface area contributed by atoms with Crippen LogP contribution in [-0.4, -0.2) is 28.4 Å². The van der Waals surface area contributed by atoms with Crippen LogP contribution in [0.3, 0.4) is 0 Å². The van der Waals surface area contributed by atoms with Crippen molar-refractivity contribution in [2.45, 2.75) is 26.3 Å². The summed E-state index contributed by atoms with van der Waals surface area (Å²) in [5, 5.41) is 9.77. The Morgan fingerprint density at radius 3 is 2.41 bits per heavy atom. The van der Waals surface area contributed by atoms with Gasteiger partial charge in [-0.1, -0.05) is 35.9 Å². The van der Waals surface area contributed by atoms with Gasteiger partial charge in [0, 0.05) is 18.7 Å². The fraction of sp³-hybridized carbons (Fsp3) is 0.231. The molecule has 0 radical (unpaired) electrons. The number of aryl methyl sites for hydroxylation is 1. The fourth-order valence-corrected chi connectivity index (χ4v) is 3.79. The van der Waals surface area contributed by atoms with E-state index in [9.17, 15) is 14.7 Å². The molecular formula is C26H24ClNO4. The van der Waals surface area contributed by atoms with Crippen LogP contribution in [0.25, 0.3) is 0 Å². The molecule has 0 saturated heterocycles. The first-order valence-corrected chi connectivity index (χ1v) is 10.9. The van der Waals surface area contributed by atoms with Gasteiger partial charge in [0.1, 0.15) is 11.5 Å². The number of carbonyl (C=O) groups excluding carboxylic acids is 1. The highest BCUT2D eigenvalue weighted by molar-refractivity contribution is 6.32. The Morgan fingerprint density at radius 2 is 1.78 bits per heavy atom. The molecule has 3 aromatic rings. The Hall–Kier alpha value is -3.31. The van der Waals surface area contributed by atoms with Crippen LogP contribution in [0.1, 0.15) is 44.7 Å². The molecule has 1 amide bonds. The van der Waals surface area contributed by atoms with Gasteiger partial charge >= 0.3 is 5.97 Å². The van der Waals surface area contributed by atoms with Crippen LogP contribution in [0.4, 0.5) is 0 Å². The van der Waals surface area contributed by atoms with Gasteiger partial charge in [0.15, 0.2) is 0 Å². The summed E-state index contributed by atoms with van der Waals surface area (Å²) in [7, 11) is 0. The Labute approximate surface area is 192 Å². The number of hydrogen-bond donors (Lipinski definition) is 1. The van der Waals surface area contributed by atoms with Crippen molar-refractivity contribution >= 4 is 23.5 Å². The van der Waals surface area contributed by atoms with Crippen molar-refractivity contribution in [1.29, 1.82) is 0 Å². The highest BCUT2D eigenvalue weighted by Crippen LogP contribution is 2.32. The van der Waals surface area contributed by atoms with Crippen LogP contribution >= 0.6 is 11.6 Å². The van der Waals surface area contributed by atoms with E-state index in [4.69, 9.17) is 16.3 Å². The van der Waals surface area contributed by atoms with Crippen molar-refractivity contribution < 1.29 is 19.4 Å². The molecule has 0 spiro atoms. The third kappa shape index (κ3) is 5.29. The van der Waals surface area contributed by atoms with E-state index < -0.39 is 5.97 Å². The Balaban J connectivity index is 1.49. The third-order valence-electron chi connectivity index (χ3n) is 5.52. The van der Waals surface area contributed by atoms with Crippen molar-refractivity contribution in [3.63, 3.8) is 0 Å². The normalized spacial score (nSPS) is 12.9. The van der Waals surface area contributed by atoms with Crippen LogP contribution in [-0.2, 0) is 6.54 Å². The number of rotatable bonds is 8. The number of hydrogen-bond acceptors (Lipinski definition) is 3. The molecule has 4 rings (SSSR count). The number of benzene rings is 3. The van der Waals surface area contributed by atoms with E-state index in [2.05, 4.69) is 0 Å². The monoisotopic (exact) mass is 449 g/mol. The number of nitrogens with zero attached hydrogens (tertiary/aromatic N) is 1. The molecule has 6 heteroatoms. The summed E-state index contributed by atoms with van der Waals surface area (Å²) in [4.78, 5) is 26.4. The van der Waals surface area contributed by atoms with Gasteiger partial charge in [0.2, 0.25) is 0 Å². The van der Waals surface area contributed by atoms with E-state index in [1.807, 2.05) is 23.1 Å². The number of carboxylic acids is 1. The minimum atomic E-state index is -0.945. The minimum absolute atomic E-state index is 0.0545. The number of aromatic carboxylic acids is 1. The number of carbonyl (C=O) groups is 2. The maximum atomic E-state index is 13.3. The SMILES string of the molecule is Cc1cc(CN(CC2CC2)C(=O)c2ccc(Oc3ccccc3Cl)cc2)ccc1C(=O)O. The van der Waals surface area contributed by atoms with E-state index in [1.165, 1.54) is 0 Å². The smallest absolute Gasteiger partial charge is 0.335 e. The summed E-state index contributed by atoms with van der Waals surface area (Å²) < 4.78 is 5.81. The molecule has 1 saturated carbocycles. The molecule has 0 aromatic heterocycles. The zero-order chi connectivity index (χ0) is 22.7. The largest absolute Gasteiger partial charge is 0.478 e. The molecule has 1 aliphatic carbocycles. The second-order valence-electron chi connectivity index (χ2n) is 8.14. The Morgan fingerprint density at radius 1 is 1.06 bits per heavy atom. The van der Waals surface area contributed by atoms with Gasteiger partial charge in [-0.05, 0) is 79.3 Å². The molecule has 0 aliphatic heterocycles. The van der Waals surface area contributed by atoms with Gasteiger partial charge in [-0.2, -0.15) is 0 Å². The molecule has 164 valence electrons. The topological polar surface area (TPSA) is 66.8 Å². The van der Waals surface area contributed by atoms with E-state index >= 15 is 0 Å². The van der Waals surface area contributed by atoms with Gasteiger partial charge in [0.05, 0.1) is 10.6 Å². The first-order valence-electron chi connectivity index (χ1n) is 10.6. The molecular weight excluding hydrogens is 426 g/mol. The second kappa shape index (κ2) is 9.45. The third-order valence-corrected chi connectivity index (χ3v) is 5.84. The van der Waals surface area contributed by atoms with E-state index in [1.54, 1.807) is 55.5 Å². The maximum Gasteiger partial charge on any atom is 0.335 e. The van der Waals surface area contributed by atoms with Gasteiger partial charge < -0.3 is 14.7 Å². The quantitative estimate of drug-likeness (QED) is 0.445. The summed E-state index contributed by atoms with van der Waals surface area (Å²) in [6, 6.07) is 19.5. The van der Waals surface area contributed by atoms with Gasteiger partial charge in [-0.15, -0.1) is 0 Å². The summed E-state index contributed by atoms with van der Waals surface area (Å²) >= 11 is 6.15. The summed E-state index contributed by atoms with van der Waals surface area (Å²) in [6.45, 7) is 2.90. The van der Waals surface area contributed by atoms with Gasteiger partial charge in [0.25, 0.3) is 5.91 Å². The van der Waals surface area contributed by atoms with Crippen molar-refractivity contribution in [3.8, 4) is 11.5 Å². The van der Waals surface area contributed by atoms with E-state index in [0.717, 1.165) is 18.4 Å². The summed E-state index contributed by atoms with van der Waals surface area (Å²) in [5.41, 5.74) is 2.47. The summed E-state index contributed by atoms with van der Waals surface area (Å²) in [5.74, 6) is 0.688. The fourth-order valence-electron chi connectivity index (χ4n) is 3.62. The molecule has 0 atom stereocenters. The van der Waals surface area contributed by atoms with Crippen molar-refractivity contribution in [2.24, 2.45) is 5.92 Å². The number of carboxylic acid groups (broad SMARTS) is 1. The van der Waals surface area contributed by atoms with Crippen LogP contribution in [0.15, 0.2) is 66.7 Å². The Bertz CT molecular complexity index is 1140. The highest BCUT2D eigenvalue weighted by atomic mass is 35.5. The molecule has 0 heterocycles. The minimum Gasteiger partial charge on any atom is -0.478 e. The summed E-state index contributed by atoms with van der Waals surface area (Å²) in [6.07, 6.45) is 2.26. The lowest BCUT2D eigenvalue weighted by molar-refractivity contribution is 0.0693. The number of para-hydroxylation sites is 1. The number of ether oxygens (including phenoxy) is 1. The van der Waals surface area contributed by atoms with Crippen LogP contribution in [0.5, 0.6) is 11.5 Å². The lowest BCUT2D eigenvalue weighted by atomic mass is 10.0. The van der Waals surface area contributed by atoms with Crippen LogP contribution in [0.2, 0.25) is 5.02 Å². The van der Waals surface area contributed by atoms with E-state index in [-0.39, 0.29) is 11.5 Å². The molecule has 0 bridgehead atoms. The average molecular weight is 450 g/mol. The zero-order valence-corrected chi connectivity index (χ0v) is 18.5. The predicted octanol–water partition coefficient (Wildman–Crippen LogP) is 6.19. The first-order chi connectivity index (χ1) is 15.4. The van der Waals surface area contributed by atoms with Crippen molar-refractivity contribution in [3.05, 3.63) is 94.0 Å². The molecule has 32 heavy (non-hydrogen) atoms. The lowest BCUT2D eigenvalue weighted by Crippen LogP contribution is -2.32. The zero-order valence-electron chi connectivity index (χ0n) is 17.8. The first kappa shape index (κ1) is 21.9. The molecule has 1 fully saturated rings. The number of amides is 1. The lowest BCUT2D eigenvalue weighted by Gasteiger charge is -2.23. The van der Waals surface area contributed by atoms with Gasteiger partial charge in [-0.3, -0.25) is 4.79 Å². The van der Waals surface area contributed by atoms with Crippen LogP contribution < -0.4 is 4.74 Å². The predicted molar refractivity (Wildman–Crippen MR) is 124 cm³/mol. The highest BCUT2D eigenvalue weighted by Gasteiger charge is 2.27. The Kier molecular flexibility index (Phi) is 6.47.